The van der Waals surface area contributed by atoms with Crippen LogP contribution in [0.5, 0.6) is 0 Å². The molecule has 2 aromatic rings. The van der Waals surface area contributed by atoms with Gasteiger partial charge in [0.2, 0.25) is 0 Å². The first-order valence-electron chi connectivity index (χ1n) is 4.66. The van der Waals surface area contributed by atoms with Crippen molar-refractivity contribution in [2.75, 3.05) is 11.9 Å². The van der Waals surface area contributed by atoms with E-state index in [1.54, 1.807) is 18.5 Å². The van der Waals surface area contributed by atoms with Gasteiger partial charge in [-0.3, -0.25) is 0 Å². The summed E-state index contributed by atoms with van der Waals surface area (Å²) < 4.78 is 0. The zero-order valence-corrected chi connectivity index (χ0v) is 9.76. The third-order valence-electron chi connectivity index (χ3n) is 1.95. The minimum absolute atomic E-state index is 0.309. The number of aromatic nitrogens is 4. The van der Waals surface area contributed by atoms with E-state index in [2.05, 4.69) is 25.5 Å². The molecular weight excluding hydrogens is 249 g/mol. The molecule has 0 saturated heterocycles. The SMILES string of the molecule is Clc1cc(NCCc2ncc[nH]2)c(Cl)nn1. The monoisotopic (exact) mass is 257 g/mol. The third kappa shape index (κ3) is 2.84. The first-order chi connectivity index (χ1) is 7.75. The van der Waals surface area contributed by atoms with E-state index in [0.29, 0.717) is 22.5 Å². The average molecular weight is 258 g/mol. The molecule has 2 N–H and O–H groups in total. The number of hydrogen-bond acceptors (Lipinski definition) is 4. The highest BCUT2D eigenvalue weighted by Crippen LogP contribution is 2.20. The number of H-pyrrole nitrogens is 1. The van der Waals surface area contributed by atoms with Gasteiger partial charge in [-0.25, -0.2) is 4.98 Å². The molecule has 0 fully saturated rings. The Morgan fingerprint density at radius 1 is 1.31 bits per heavy atom. The maximum absolute atomic E-state index is 5.84. The second-order valence-electron chi connectivity index (χ2n) is 3.08. The topological polar surface area (TPSA) is 66.5 Å². The lowest BCUT2D eigenvalue weighted by atomic mass is 10.4. The highest BCUT2D eigenvalue weighted by atomic mass is 35.5. The average Bonchev–Trinajstić information content (AvgIpc) is 2.76. The second-order valence-corrected chi connectivity index (χ2v) is 3.83. The van der Waals surface area contributed by atoms with E-state index in [1.807, 2.05) is 0 Å². The van der Waals surface area contributed by atoms with Crippen molar-refractivity contribution < 1.29 is 0 Å². The number of halogens is 2. The fourth-order valence-electron chi connectivity index (χ4n) is 1.23. The van der Waals surface area contributed by atoms with Gasteiger partial charge in [-0.2, -0.15) is 0 Å². The van der Waals surface area contributed by atoms with E-state index in [0.717, 1.165) is 12.2 Å². The molecule has 0 unspecified atom stereocenters. The van der Waals surface area contributed by atoms with Crippen LogP contribution in [0.3, 0.4) is 0 Å². The molecule has 0 saturated carbocycles. The molecule has 0 aliphatic carbocycles. The first-order valence-corrected chi connectivity index (χ1v) is 5.42. The largest absolute Gasteiger partial charge is 0.382 e. The van der Waals surface area contributed by atoms with Gasteiger partial charge in [0.25, 0.3) is 0 Å². The quantitative estimate of drug-likeness (QED) is 0.881. The van der Waals surface area contributed by atoms with Crippen molar-refractivity contribution in [3.63, 3.8) is 0 Å². The molecule has 2 rings (SSSR count). The lowest BCUT2D eigenvalue weighted by Crippen LogP contribution is -2.07. The molecule has 0 bridgehead atoms. The summed E-state index contributed by atoms with van der Waals surface area (Å²) in [5.41, 5.74) is 0.674. The Balaban J connectivity index is 1.92. The predicted molar refractivity (Wildman–Crippen MR) is 62.8 cm³/mol. The number of imidazole rings is 1. The van der Waals surface area contributed by atoms with Crippen LogP contribution in [-0.4, -0.2) is 26.7 Å². The summed E-state index contributed by atoms with van der Waals surface area (Å²) in [6.07, 6.45) is 4.27. The van der Waals surface area contributed by atoms with Crippen LogP contribution in [0, 0.1) is 0 Å². The lowest BCUT2D eigenvalue weighted by Gasteiger charge is -2.06. The molecule has 0 aliphatic heterocycles. The van der Waals surface area contributed by atoms with Gasteiger partial charge in [0.15, 0.2) is 10.3 Å². The number of nitrogens with one attached hydrogen (secondary N) is 2. The summed E-state index contributed by atoms with van der Waals surface area (Å²) in [7, 11) is 0. The maximum Gasteiger partial charge on any atom is 0.174 e. The lowest BCUT2D eigenvalue weighted by molar-refractivity contribution is 0.922. The molecule has 2 heterocycles. The molecule has 16 heavy (non-hydrogen) atoms. The standard InChI is InChI=1S/C9H9Cl2N5/c10-7-5-6(9(11)16-15-7)12-2-1-8-13-3-4-14-8/h3-5H,1-2H2,(H,12,15)(H,13,14). The van der Waals surface area contributed by atoms with E-state index in [4.69, 9.17) is 23.2 Å². The first kappa shape index (κ1) is 11.2. The Hall–Kier alpha value is -1.33. The van der Waals surface area contributed by atoms with Gasteiger partial charge < -0.3 is 10.3 Å². The minimum Gasteiger partial charge on any atom is -0.382 e. The zero-order valence-electron chi connectivity index (χ0n) is 8.24. The number of hydrogen-bond donors (Lipinski definition) is 2. The Bertz CT molecular complexity index is 457. The van der Waals surface area contributed by atoms with Crippen LogP contribution in [0.1, 0.15) is 5.82 Å². The zero-order chi connectivity index (χ0) is 11.4. The summed E-state index contributed by atoms with van der Waals surface area (Å²) in [6, 6.07) is 1.64. The van der Waals surface area contributed by atoms with Crippen molar-refractivity contribution in [3.05, 3.63) is 34.6 Å². The van der Waals surface area contributed by atoms with E-state index < -0.39 is 0 Å². The second kappa shape index (κ2) is 5.14. The number of rotatable bonds is 4. The van der Waals surface area contributed by atoms with Crippen LogP contribution < -0.4 is 5.32 Å². The summed E-state index contributed by atoms with van der Waals surface area (Å²) in [4.78, 5) is 7.12. The van der Waals surface area contributed by atoms with Crippen LogP contribution in [0.15, 0.2) is 18.5 Å². The molecule has 0 aliphatic rings. The number of anilines is 1. The van der Waals surface area contributed by atoms with Crippen molar-refractivity contribution in [2.45, 2.75) is 6.42 Å². The maximum atomic E-state index is 5.84. The van der Waals surface area contributed by atoms with Crippen molar-refractivity contribution >= 4 is 28.9 Å². The summed E-state index contributed by atoms with van der Waals surface area (Å²) in [5, 5.41) is 11.0. The molecule has 84 valence electrons. The molecule has 0 spiro atoms. The Kier molecular flexibility index (Phi) is 3.58. The van der Waals surface area contributed by atoms with E-state index >= 15 is 0 Å². The van der Waals surface area contributed by atoms with Crippen LogP contribution >= 0.6 is 23.2 Å². The summed E-state index contributed by atoms with van der Waals surface area (Å²) in [6.45, 7) is 0.690. The number of aromatic amines is 1. The van der Waals surface area contributed by atoms with Gasteiger partial charge in [-0.15, -0.1) is 10.2 Å². The van der Waals surface area contributed by atoms with Gasteiger partial charge in [0, 0.05) is 31.4 Å². The van der Waals surface area contributed by atoms with Gasteiger partial charge in [-0.05, 0) is 0 Å². The van der Waals surface area contributed by atoms with Gasteiger partial charge in [0.1, 0.15) is 5.82 Å². The molecular formula is C9H9Cl2N5. The van der Waals surface area contributed by atoms with Gasteiger partial charge >= 0.3 is 0 Å². The summed E-state index contributed by atoms with van der Waals surface area (Å²) >= 11 is 11.5. The van der Waals surface area contributed by atoms with Crippen molar-refractivity contribution in [1.29, 1.82) is 0 Å². The van der Waals surface area contributed by atoms with Crippen molar-refractivity contribution in [2.24, 2.45) is 0 Å². The van der Waals surface area contributed by atoms with E-state index in [9.17, 15) is 0 Å². The van der Waals surface area contributed by atoms with Gasteiger partial charge in [-0.1, -0.05) is 23.2 Å². The van der Waals surface area contributed by atoms with Crippen LogP contribution in [-0.2, 0) is 6.42 Å². The van der Waals surface area contributed by atoms with E-state index in [1.165, 1.54) is 0 Å². The molecule has 5 nitrogen and oxygen atoms in total. The van der Waals surface area contributed by atoms with Crippen LogP contribution in [0.4, 0.5) is 5.69 Å². The fraction of sp³-hybridized carbons (Fsp3) is 0.222. The molecule has 0 atom stereocenters. The molecule has 0 aromatic carbocycles. The van der Waals surface area contributed by atoms with E-state index in [-0.39, 0.29) is 0 Å². The molecule has 2 aromatic heterocycles. The highest BCUT2D eigenvalue weighted by molar-refractivity contribution is 6.33. The molecule has 7 heteroatoms. The Morgan fingerprint density at radius 2 is 2.19 bits per heavy atom. The molecule has 0 radical (unpaired) electrons. The fourth-order valence-corrected chi connectivity index (χ4v) is 1.53. The third-order valence-corrected chi connectivity index (χ3v) is 2.42. The Labute approximate surface area is 102 Å². The molecule has 0 amide bonds. The number of nitrogens with zero attached hydrogens (tertiary/aromatic N) is 3. The van der Waals surface area contributed by atoms with Gasteiger partial charge in [0.05, 0.1) is 5.69 Å². The smallest absolute Gasteiger partial charge is 0.174 e. The summed E-state index contributed by atoms with van der Waals surface area (Å²) in [5.74, 6) is 0.914. The van der Waals surface area contributed by atoms with Crippen LogP contribution in [0.2, 0.25) is 10.3 Å². The van der Waals surface area contributed by atoms with Crippen molar-refractivity contribution in [1.82, 2.24) is 20.2 Å². The van der Waals surface area contributed by atoms with Crippen molar-refractivity contribution in [3.8, 4) is 0 Å². The normalized spacial score (nSPS) is 10.4. The van der Waals surface area contributed by atoms with Crippen LogP contribution in [0.25, 0.3) is 0 Å². The minimum atomic E-state index is 0.309. The Morgan fingerprint density at radius 3 is 2.94 bits per heavy atom. The predicted octanol–water partition coefficient (Wildman–Crippen LogP) is 2.16. The highest BCUT2D eigenvalue weighted by Gasteiger charge is 2.03.